The van der Waals surface area contributed by atoms with Crippen LogP contribution in [-0.4, -0.2) is 24.2 Å². The predicted octanol–water partition coefficient (Wildman–Crippen LogP) is 2.15. The highest BCUT2D eigenvalue weighted by atomic mass is 16.4. The van der Waals surface area contributed by atoms with E-state index in [1.807, 2.05) is 0 Å². The molecule has 0 heterocycles. The Morgan fingerprint density at radius 1 is 1.27 bits per heavy atom. The van der Waals surface area contributed by atoms with Crippen LogP contribution >= 0.6 is 0 Å². The van der Waals surface area contributed by atoms with Gasteiger partial charge in [-0.3, -0.25) is 0 Å². The lowest BCUT2D eigenvalue weighted by atomic mass is 9.85. The summed E-state index contributed by atoms with van der Waals surface area (Å²) in [5.74, 6) is 1.06. The topological polar surface area (TPSA) is 49.3 Å². The SMILES string of the molecule is CC(C)C(CNC/C=C/C(=O)O)C(C)C. The van der Waals surface area contributed by atoms with Gasteiger partial charge in [0.25, 0.3) is 0 Å². The number of hydrogen-bond acceptors (Lipinski definition) is 2. The van der Waals surface area contributed by atoms with Gasteiger partial charge in [0.15, 0.2) is 0 Å². The molecule has 0 aliphatic rings. The summed E-state index contributed by atoms with van der Waals surface area (Å²) in [6.07, 6.45) is 2.81. The summed E-state index contributed by atoms with van der Waals surface area (Å²) in [7, 11) is 0. The average Bonchev–Trinajstić information content (AvgIpc) is 2.08. The number of rotatable bonds is 7. The van der Waals surface area contributed by atoms with Crippen LogP contribution in [0.5, 0.6) is 0 Å². The molecule has 3 heteroatoms. The third kappa shape index (κ3) is 7.14. The maximum atomic E-state index is 10.2. The number of nitrogens with one attached hydrogen (secondary N) is 1. The number of carboxylic acid groups (broad SMARTS) is 1. The van der Waals surface area contributed by atoms with Crippen molar-refractivity contribution >= 4 is 5.97 Å². The van der Waals surface area contributed by atoms with Gasteiger partial charge in [-0.05, 0) is 24.3 Å². The van der Waals surface area contributed by atoms with Gasteiger partial charge in [0.05, 0.1) is 0 Å². The molecule has 0 aliphatic carbocycles. The summed E-state index contributed by atoms with van der Waals surface area (Å²) in [6, 6.07) is 0. The molecule has 0 atom stereocenters. The first kappa shape index (κ1) is 14.2. The molecule has 0 saturated heterocycles. The molecule has 0 amide bonds. The Morgan fingerprint density at radius 3 is 2.20 bits per heavy atom. The highest BCUT2D eigenvalue weighted by Crippen LogP contribution is 2.19. The quantitative estimate of drug-likeness (QED) is 0.503. The van der Waals surface area contributed by atoms with Crippen molar-refractivity contribution in [3.8, 4) is 0 Å². The summed E-state index contributed by atoms with van der Waals surface area (Å²) in [4.78, 5) is 10.2. The van der Waals surface area contributed by atoms with Gasteiger partial charge < -0.3 is 10.4 Å². The first-order valence-corrected chi connectivity index (χ1v) is 5.55. The van der Waals surface area contributed by atoms with Gasteiger partial charge in [-0.25, -0.2) is 4.79 Å². The molecule has 0 radical (unpaired) electrons. The van der Waals surface area contributed by atoms with Crippen LogP contribution in [0.25, 0.3) is 0 Å². The molecule has 0 fully saturated rings. The second kappa shape index (κ2) is 7.46. The molecule has 15 heavy (non-hydrogen) atoms. The number of hydrogen-bond donors (Lipinski definition) is 2. The maximum absolute atomic E-state index is 10.2. The molecular weight excluding hydrogens is 190 g/mol. The molecule has 0 saturated carbocycles. The summed E-state index contributed by atoms with van der Waals surface area (Å²) < 4.78 is 0. The van der Waals surface area contributed by atoms with Crippen LogP contribution in [0, 0.1) is 17.8 Å². The summed E-state index contributed by atoms with van der Waals surface area (Å²) >= 11 is 0. The van der Waals surface area contributed by atoms with E-state index in [0.717, 1.165) is 6.54 Å². The van der Waals surface area contributed by atoms with Crippen molar-refractivity contribution in [2.75, 3.05) is 13.1 Å². The zero-order valence-corrected chi connectivity index (χ0v) is 10.2. The van der Waals surface area contributed by atoms with Crippen LogP contribution < -0.4 is 5.32 Å². The van der Waals surface area contributed by atoms with Gasteiger partial charge in [-0.2, -0.15) is 0 Å². The fraction of sp³-hybridized carbons (Fsp3) is 0.750. The number of carbonyl (C=O) groups is 1. The van der Waals surface area contributed by atoms with E-state index in [4.69, 9.17) is 5.11 Å². The molecule has 0 spiro atoms. The lowest BCUT2D eigenvalue weighted by molar-refractivity contribution is -0.131. The molecule has 88 valence electrons. The summed E-state index contributed by atoms with van der Waals surface area (Å²) in [5.41, 5.74) is 0. The van der Waals surface area contributed by atoms with Crippen LogP contribution in [-0.2, 0) is 4.79 Å². The second-order valence-corrected chi connectivity index (χ2v) is 4.55. The van der Waals surface area contributed by atoms with Crippen LogP contribution in [0.3, 0.4) is 0 Å². The van der Waals surface area contributed by atoms with Gasteiger partial charge in [0, 0.05) is 12.6 Å². The Morgan fingerprint density at radius 2 is 1.80 bits per heavy atom. The van der Waals surface area contributed by atoms with E-state index >= 15 is 0 Å². The van der Waals surface area contributed by atoms with Gasteiger partial charge in [-0.1, -0.05) is 33.8 Å². The van der Waals surface area contributed by atoms with Crippen LogP contribution in [0.4, 0.5) is 0 Å². The molecule has 0 aromatic heterocycles. The Kier molecular flexibility index (Phi) is 7.05. The largest absolute Gasteiger partial charge is 0.478 e. The van der Waals surface area contributed by atoms with Crippen molar-refractivity contribution in [2.24, 2.45) is 17.8 Å². The molecule has 0 aromatic rings. The van der Waals surface area contributed by atoms with Crippen molar-refractivity contribution in [3.63, 3.8) is 0 Å². The van der Waals surface area contributed by atoms with Crippen molar-refractivity contribution in [1.29, 1.82) is 0 Å². The first-order chi connectivity index (χ1) is 6.95. The van der Waals surface area contributed by atoms with Gasteiger partial charge in [0.1, 0.15) is 0 Å². The maximum Gasteiger partial charge on any atom is 0.328 e. The fourth-order valence-electron chi connectivity index (χ4n) is 1.73. The van der Waals surface area contributed by atoms with Crippen LogP contribution in [0.2, 0.25) is 0 Å². The monoisotopic (exact) mass is 213 g/mol. The fourth-order valence-corrected chi connectivity index (χ4v) is 1.73. The predicted molar refractivity (Wildman–Crippen MR) is 62.8 cm³/mol. The van der Waals surface area contributed by atoms with E-state index in [9.17, 15) is 4.79 Å². The Balaban J connectivity index is 3.77. The number of aliphatic carboxylic acids is 1. The third-order valence-corrected chi connectivity index (χ3v) is 2.62. The van der Waals surface area contributed by atoms with Crippen molar-refractivity contribution in [3.05, 3.63) is 12.2 Å². The van der Waals surface area contributed by atoms with Crippen LogP contribution in [0.15, 0.2) is 12.2 Å². The molecule has 3 nitrogen and oxygen atoms in total. The minimum Gasteiger partial charge on any atom is -0.478 e. The minimum absolute atomic E-state index is 0.627. The van der Waals surface area contributed by atoms with Crippen molar-refractivity contribution in [1.82, 2.24) is 5.32 Å². The van der Waals surface area contributed by atoms with E-state index in [1.165, 1.54) is 6.08 Å². The van der Waals surface area contributed by atoms with E-state index in [1.54, 1.807) is 6.08 Å². The van der Waals surface area contributed by atoms with Gasteiger partial charge >= 0.3 is 5.97 Å². The normalized spacial score (nSPS) is 12.2. The zero-order valence-electron chi connectivity index (χ0n) is 10.2. The third-order valence-electron chi connectivity index (χ3n) is 2.62. The Hall–Kier alpha value is -0.830. The van der Waals surface area contributed by atoms with Crippen LogP contribution in [0.1, 0.15) is 27.7 Å². The highest BCUT2D eigenvalue weighted by Gasteiger charge is 2.16. The molecular formula is C12H23NO2. The lowest BCUT2D eigenvalue weighted by Gasteiger charge is -2.24. The van der Waals surface area contributed by atoms with E-state index in [-0.39, 0.29) is 0 Å². The molecule has 0 bridgehead atoms. The lowest BCUT2D eigenvalue weighted by Crippen LogP contribution is -2.29. The summed E-state index contributed by atoms with van der Waals surface area (Å²) in [5, 5.41) is 11.6. The zero-order chi connectivity index (χ0) is 11.8. The standard InChI is InChI=1S/C12H23NO2/c1-9(2)11(10(3)4)8-13-7-5-6-12(14)15/h5-6,9-11,13H,7-8H2,1-4H3,(H,14,15)/b6-5+. The highest BCUT2D eigenvalue weighted by molar-refractivity contribution is 5.79. The minimum atomic E-state index is -0.888. The number of carboxylic acids is 1. The van der Waals surface area contributed by atoms with Crippen molar-refractivity contribution in [2.45, 2.75) is 27.7 Å². The molecule has 0 unspecified atom stereocenters. The van der Waals surface area contributed by atoms with E-state index < -0.39 is 5.97 Å². The van der Waals surface area contributed by atoms with Crippen molar-refractivity contribution < 1.29 is 9.90 Å². The van der Waals surface area contributed by atoms with E-state index in [2.05, 4.69) is 33.0 Å². The Labute approximate surface area is 92.6 Å². The average molecular weight is 213 g/mol. The van der Waals surface area contributed by atoms with Gasteiger partial charge in [0.2, 0.25) is 0 Å². The summed E-state index contributed by atoms with van der Waals surface area (Å²) in [6.45, 7) is 10.5. The van der Waals surface area contributed by atoms with Gasteiger partial charge in [-0.15, -0.1) is 0 Å². The Bertz CT molecular complexity index is 202. The molecule has 0 aromatic carbocycles. The molecule has 2 N–H and O–H groups in total. The van der Waals surface area contributed by atoms with E-state index in [0.29, 0.717) is 24.3 Å². The second-order valence-electron chi connectivity index (χ2n) is 4.55. The molecule has 0 aliphatic heterocycles. The molecule has 0 rings (SSSR count). The smallest absolute Gasteiger partial charge is 0.328 e. The first-order valence-electron chi connectivity index (χ1n) is 5.55.